The van der Waals surface area contributed by atoms with Crippen molar-refractivity contribution >= 4 is 5.78 Å². The molecule has 0 saturated heterocycles. The fourth-order valence-corrected chi connectivity index (χ4v) is 2.42. The molecule has 0 fully saturated rings. The van der Waals surface area contributed by atoms with Crippen molar-refractivity contribution in [3.63, 3.8) is 0 Å². The molecular weight excluding hydrogens is 260 g/mol. The van der Waals surface area contributed by atoms with E-state index in [1.165, 1.54) is 0 Å². The molecule has 3 aromatic rings. The quantitative estimate of drug-likeness (QED) is 0.668. The van der Waals surface area contributed by atoms with Crippen molar-refractivity contribution in [2.75, 3.05) is 0 Å². The van der Waals surface area contributed by atoms with Gasteiger partial charge in [0.1, 0.15) is 6.04 Å². The molecule has 0 aliphatic heterocycles. The fraction of sp³-hybridized carbons (Fsp3) is 0.111. The lowest BCUT2D eigenvalue weighted by molar-refractivity contribution is 0.0924. The Morgan fingerprint density at radius 2 is 1.67 bits per heavy atom. The zero-order valence-corrected chi connectivity index (χ0v) is 11.6. The van der Waals surface area contributed by atoms with Gasteiger partial charge in [0, 0.05) is 24.4 Å². The van der Waals surface area contributed by atoms with Gasteiger partial charge in [0.05, 0.1) is 6.33 Å². The van der Waals surface area contributed by atoms with Crippen LogP contribution in [-0.4, -0.2) is 15.3 Å². The average Bonchev–Trinajstić information content (AvgIpc) is 3.08. The minimum Gasteiger partial charge on any atom is -0.326 e. The number of carbonyl (C=O) groups is 1. The van der Waals surface area contributed by atoms with Crippen molar-refractivity contribution in [2.45, 2.75) is 12.5 Å². The van der Waals surface area contributed by atoms with E-state index in [9.17, 15) is 4.79 Å². The maximum atomic E-state index is 12.8. The molecule has 2 aromatic carbocycles. The van der Waals surface area contributed by atoms with Gasteiger partial charge in [0.2, 0.25) is 0 Å². The lowest BCUT2D eigenvalue weighted by atomic mass is 9.97. The number of aromatic nitrogens is 2. The van der Waals surface area contributed by atoms with Crippen molar-refractivity contribution in [2.24, 2.45) is 0 Å². The summed E-state index contributed by atoms with van der Waals surface area (Å²) in [5, 5.41) is 0. The molecule has 1 aromatic heterocycles. The zero-order valence-electron chi connectivity index (χ0n) is 11.6. The summed E-state index contributed by atoms with van der Waals surface area (Å²) < 4.78 is 1.88. The Morgan fingerprint density at radius 3 is 2.29 bits per heavy atom. The summed E-state index contributed by atoms with van der Waals surface area (Å²) >= 11 is 0. The summed E-state index contributed by atoms with van der Waals surface area (Å²) in [4.78, 5) is 16.9. The second-order valence-electron chi connectivity index (χ2n) is 4.95. The molecule has 3 rings (SSSR count). The molecule has 3 nitrogen and oxygen atoms in total. The lowest BCUT2D eigenvalue weighted by Gasteiger charge is -2.17. The second kappa shape index (κ2) is 6.18. The third-order valence-corrected chi connectivity index (χ3v) is 3.52. The van der Waals surface area contributed by atoms with Gasteiger partial charge in [0.15, 0.2) is 5.78 Å². The molecule has 0 amide bonds. The number of nitrogens with zero attached hydrogens (tertiary/aromatic N) is 2. The van der Waals surface area contributed by atoms with Gasteiger partial charge in [-0.2, -0.15) is 0 Å². The molecular formula is C18H16N2O. The van der Waals surface area contributed by atoms with Crippen molar-refractivity contribution in [3.8, 4) is 0 Å². The van der Waals surface area contributed by atoms with Gasteiger partial charge < -0.3 is 4.57 Å². The molecule has 0 radical (unpaired) electrons. The topological polar surface area (TPSA) is 34.9 Å². The first kappa shape index (κ1) is 13.3. The number of benzene rings is 2. The molecule has 0 saturated carbocycles. The third-order valence-electron chi connectivity index (χ3n) is 3.52. The highest BCUT2D eigenvalue weighted by atomic mass is 16.1. The Hall–Kier alpha value is -2.68. The molecule has 0 bridgehead atoms. The van der Waals surface area contributed by atoms with E-state index >= 15 is 0 Å². The molecule has 0 N–H and O–H groups in total. The zero-order chi connectivity index (χ0) is 14.5. The highest BCUT2D eigenvalue weighted by Crippen LogP contribution is 2.19. The van der Waals surface area contributed by atoms with Crippen LogP contribution in [0.25, 0.3) is 0 Å². The van der Waals surface area contributed by atoms with E-state index in [0.717, 1.165) is 11.1 Å². The highest BCUT2D eigenvalue weighted by molar-refractivity contribution is 5.99. The van der Waals surface area contributed by atoms with Gasteiger partial charge in [-0.25, -0.2) is 4.98 Å². The van der Waals surface area contributed by atoms with Gasteiger partial charge in [-0.3, -0.25) is 4.79 Å². The molecule has 104 valence electrons. The first-order chi connectivity index (χ1) is 10.3. The van der Waals surface area contributed by atoms with Crippen LogP contribution in [0.5, 0.6) is 0 Å². The number of hydrogen-bond acceptors (Lipinski definition) is 2. The molecule has 0 spiro atoms. The molecule has 0 unspecified atom stereocenters. The Bertz CT molecular complexity index is 691. The van der Waals surface area contributed by atoms with Gasteiger partial charge >= 0.3 is 0 Å². The predicted octanol–water partition coefficient (Wildman–Crippen LogP) is 3.55. The fourth-order valence-electron chi connectivity index (χ4n) is 2.42. The van der Waals surface area contributed by atoms with Crippen LogP contribution in [0.2, 0.25) is 0 Å². The molecule has 1 heterocycles. The van der Waals surface area contributed by atoms with E-state index in [2.05, 4.69) is 4.98 Å². The summed E-state index contributed by atoms with van der Waals surface area (Å²) in [7, 11) is 0. The van der Waals surface area contributed by atoms with E-state index in [4.69, 9.17) is 0 Å². The number of Topliss-reactive ketones (excluding diaryl/α,β-unsaturated/α-hetero) is 1. The van der Waals surface area contributed by atoms with E-state index in [1.807, 2.05) is 71.4 Å². The highest BCUT2D eigenvalue weighted by Gasteiger charge is 2.21. The van der Waals surface area contributed by atoms with Gasteiger partial charge in [-0.15, -0.1) is 0 Å². The number of rotatable bonds is 5. The van der Waals surface area contributed by atoms with Crippen LogP contribution in [0.4, 0.5) is 0 Å². The standard InChI is InChI=1S/C18H16N2O/c21-18(16-9-5-2-6-10-16)17(20-12-11-19-14-20)13-15-7-3-1-4-8-15/h1-12,14,17H,13H2/t17-/m1/s1. The first-order valence-corrected chi connectivity index (χ1v) is 6.95. The van der Waals surface area contributed by atoms with Crippen LogP contribution < -0.4 is 0 Å². The van der Waals surface area contributed by atoms with Crippen molar-refractivity contribution < 1.29 is 4.79 Å². The predicted molar refractivity (Wildman–Crippen MR) is 82.2 cm³/mol. The molecule has 0 aliphatic carbocycles. The number of imidazole rings is 1. The Balaban J connectivity index is 1.92. The monoisotopic (exact) mass is 276 g/mol. The largest absolute Gasteiger partial charge is 0.326 e. The van der Waals surface area contributed by atoms with Crippen molar-refractivity contribution in [1.29, 1.82) is 0 Å². The van der Waals surface area contributed by atoms with Gasteiger partial charge in [-0.05, 0) is 5.56 Å². The minimum absolute atomic E-state index is 0.109. The van der Waals surface area contributed by atoms with Crippen LogP contribution in [0.3, 0.4) is 0 Å². The van der Waals surface area contributed by atoms with Crippen LogP contribution >= 0.6 is 0 Å². The normalized spacial score (nSPS) is 12.0. The third kappa shape index (κ3) is 3.08. The van der Waals surface area contributed by atoms with Gasteiger partial charge in [0.25, 0.3) is 0 Å². The SMILES string of the molecule is O=C(c1ccccc1)[C@@H](Cc1ccccc1)n1ccnc1. The van der Waals surface area contributed by atoms with E-state index in [-0.39, 0.29) is 11.8 Å². The Labute approximate surface area is 123 Å². The second-order valence-corrected chi connectivity index (χ2v) is 4.95. The summed E-state index contributed by atoms with van der Waals surface area (Å²) in [5.74, 6) is 0.109. The minimum atomic E-state index is -0.266. The van der Waals surface area contributed by atoms with Crippen LogP contribution in [0.15, 0.2) is 79.4 Å². The Morgan fingerprint density at radius 1 is 1.00 bits per heavy atom. The lowest BCUT2D eigenvalue weighted by Crippen LogP contribution is -2.21. The maximum Gasteiger partial charge on any atom is 0.185 e. The summed E-state index contributed by atoms with van der Waals surface area (Å²) in [6.45, 7) is 0. The van der Waals surface area contributed by atoms with Crippen LogP contribution in [0, 0.1) is 0 Å². The van der Waals surface area contributed by atoms with Gasteiger partial charge in [-0.1, -0.05) is 60.7 Å². The van der Waals surface area contributed by atoms with Crippen molar-refractivity contribution in [3.05, 3.63) is 90.5 Å². The number of ketones is 1. The van der Waals surface area contributed by atoms with Crippen LogP contribution in [-0.2, 0) is 6.42 Å². The maximum absolute atomic E-state index is 12.8. The Kier molecular flexibility index (Phi) is 3.92. The molecule has 3 heteroatoms. The number of carbonyl (C=O) groups excluding carboxylic acids is 1. The number of hydrogen-bond donors (Lipinski definition) is 0. The van der Waals surface area contributed by atoms with Crippen LogP contribution in [0.1, 0.15) is 22.0 Å². The summed E-state index contributed by atoms with van der Waals surface area (Å²) in [6.07, 6.45) is 5.91. The smallest absolute Gasteiger partial charge is 0.185 e. The van der Waals surface area contributed by atoms with E-state index < -0.39 is 0 Å². The molecule has 21 heavy (non-hydrogen) atoms. The van der Waals surface area contributed by atoms with E-state index in [1.54, 1.807) is 12.5 Å². The van der Waals surface area contributed by atoms with Crippen molar-refractivity contribution in [1.82, 2.24) is 9.55 Å². The summed E-state index contributed by atoms with van der Waals surface area (Å²) in [5.41, 5.74) is 1.87. The summed E-state index contributed by atoms with van der Waals surface area (Å²) in [6, 6.07) is 19.2. The molecule has 0 aliphatic rings. The molecule has 1 atom stereocenters. The first-order valence-electron chi connectivity index (χ1n) is 6.95. The average molecular weight is 276 g/mol. The van der Waals surface area contributed by atoms with E-state index in [0.29, 0.717) is 6.42 Å².